The second-order valence-corrected chi connectivity index (χ2v) is 4.54. The zero-order valence-electron chi connectivity index (χ0n) is 11.3. The van der Waals surface area contributed by atoms with Crippen molar-refractivity contribution in [3.8, 4) is 0 Å². The minimum absolute atomic E-state index is 0.467. The number of halogens is 1. The first-order valence-corrected chi connectivity index (χ1v) is 7.15. The lowest BCUT2D eigenvalue weighted by Crippen LogP contribution is -2.26. The van der Waals surface area contributed by atoms with Crippen LogP contribution in [0.1, 0.15) is 45.4 Å². The second-order valence-electron chi connectivity index (χ2n) is 4.16. The van der Waals surface area contributed by atoms with Crippen molar-refractivity contribution in [2.45, 2.75) is 57.7 Å². The lowest BCUT2D eigenvalue weighted by atomic mass is 10.1. The predicted octanol–water partition coefficient (Wildman–Crippen LogP) is 2.97. The molecule has 0 rings (SSSR count). The Balaban J connectivity index is 4.39. The van der Waals surface area contributed by atoms with E-state index in [2.05, 4.69) is 9.98 Å². The van der Waals surface area contributed by atoms with Crippen LogP contribution in [0.2, 0.25) is 0 Å². The van der Waals surface area contributed by atoms with Crippen molar-refractivity contribution in [2.24, 2.45) is 9.98 Å². The number of alkyl halides is 1. The Labute approximate surface area is 119 Å². The lowest BCUT2D eigenvalue weighted by Gasteiger charge is -2.18. The van der Waals surface area contributed by atoms with E-state index in [4.69, 9.17) is 16.3 Å². The summed E-state index contributed by atoms with van der Waals surface area (Å²) in [6, 6.07) is -0.467. The van der Waals surface area contributed by atoms with Crippen LogP contribution in [0, 0.1) is 0 Å². The van der Waals surface area contributed by atoms with E-state index in [1.807, 2.05) is 6.92 Å². The standard InChI is InChI=1S/C13H21ClN2O3/c1-2-3-9-19-13(16-11-18)12(15-10-17)7-5-4-6-8-14/h12-13H,2-9H2,1H3. The molecule has 0 aromatic rings. The highest BCUT2D eigenvalue weighted by atomic mass is 35.5. The van der Waals surface area contributed by atoms with Gasteiger partial charge in [-0.2, -0.15) is 9.98 Å². The summed E-state index contributed by atoms with van der Waals surface area (Å²) >= 11 is 5.59. The maximum atomic E-state index is 10.4. The molecule has 0 aliphatic carbocycles. The van der Waals surface area contributed by atoms with Crippen LogP contribution in [0.15, 0.2) is 9.98 Å². The van der Waals surface area contributed by atoms with E-state index in [0.717, 1.165) is 32.1 Å². The van der Waals surface area contributed by atoms with Crippen LogP contribution >= 0.6 is 11.6 Å². The third-order valence-electron chi connectivity index (χ3n) is 2.65. The zero-order chi connectivity index (χ0) is 14.3. The van der Waals surface area contributed by atoms with Crippen LogP contribution in [0.5, 0.6) is 0 Å². The Morgan fingerprint density at radius 3 is 2.42 bits per heavy atom. The van der Waals surface area contributed by atoms with E-state index in [0.29, 0.717) is 18.9 Å². The maximum absolute atomic E-state index is 10.4. The Morgan fingerprint density at radius 1 is 1.11 bits per heavy atom. The third kappa shape index (κ3) is 9.57. The average Bonchev–Trinajstić information content (AvgIpc) is 2.42. The molecule has 0 spiro atoms. The van der Waals surface area contributed by atoms with E-state index in [-0.39, 0.29) is 0 Å². The van der Waals surface area contributed by atoms with Crippen molar-refractivity contribution < 1.29 is 14.3 Å². The molecule has 2 unspecified atom stereocenters. The molecule has 0 aromatic carbocycles. The van der Waals surface area contributed by atoms with Crippen molar-refractivity contribution in [3.63, 3.8) is 0 Å². The fourth-order valence-electron chi connectivity index (χ4n) is 1.60. The Kier molecular flexibility index (Phi) is 12.7. The first-order chi connectivity index (χ1) is 9.29. The van der Waals surface area contributed by atoms with E-state index in [1.165, 1.54) is 12.2 Å². The lowest BCUT2D eigenvalue weighted by molar-refractivity contribution is 0.0382. The van der Waals surface area contributed by atoms with Gasteiger partial charge in [0.05, 0.1) is 0 Å². The molecule has 0 saturated heterocycles. The minimum atomic E-state index is -0.735. The van der Waals surface area contributed by atoms with E-state index < -0.39 is 12.3 Å². The SMILES string of the molecule is CCCCOC(N=C=O)C(CCCCCCl)N=C=O. The number of carbonyl (C=O) groups excluding carboxylic acids is 2. The Bertz CT molecular complexity index is 313. The van der Waals surface area contributed by atoms with Gasteiger partial charge in [0.25, 0.3) is 0 Å². The average molecular weight is 289 g/mol. The second kappa shape index (κ2) is 13.4. The van der Waals surface area contributed by atoms with Crippen molar-refractivity contribution in [2.75, 3.05) is 12.5 Å². The van der Waals surface area contributed by atoms with Crippen molar-refractivity contribution >= 4 is 23.8 Å². The van der Waals surface area contributed by atoms with E-state index >= 15 is 0 Å². The summed E-state index contributed by atoms with van der Waals surface area (Å²) in [7, 11) is 0. The van der Waals surface area contributed by atoms with Crippen molar-refractivity contribution in [3.05, 3.63) is 0 Å². The molecule has 0 bridgehead atoms. The molecular weight excluding hydrogens is 268 g/mol. The molecule has 0 aliphatic rings. The molecule has 0 amide bonds. The van der Waals surface area contributed by atoms with Gasteiger partial charge >= 0.3 is 0 Å². The Morgan fingerprint density at radius 2 is 1.84 bits per heavy atom. The topological polar surface area (TPSA) is 68.1 Å². The van der Waals surface area contributed by atoms with Gasteiger partial charge in [0.1, 0.15) is 6.04 Å². The highest BCUT2D eigenvalue weighted by Gasteiger charge is 2.20. The number of rotatable bonds is 12. The van der Waals surface area contributed by atoms with Crippen LogP contribution in [0.4, 0.5) is 0 Å². The summed E-state index contributed by atoms with van der Waals surface area (Å²) in [6.07, 6.45) is 7.44. The van der Waals surface area contributed by atoms with Gasteiger partial charge in [-0.25, -0.2) is 9.59 Å². The van der Waals surface area contributed by atoms with Crippen LogP contribution in [0.3, 0.4) is 0 Å². The molecule has 5 nitrogen and oxygen atoms in total. The molecule has 6 heteroatoms. The first kappa shape index (κ1) is 18.0. The van der Waals surface area contributed by atoms with Gasteiger partial charge in [0.15, 0.2) is 6.23 Å². The van der Waals surface area contributed by atoms with Gasteiger partial charge in [-0.1, -0.05) is 26.2 Å². The maximum Gasteiger partial charge on any atom is 0.237 e. The molecule has 0 N–H and O–H groups in total. The fourth-order valence-corrected chi connectivity index (χ4v) is 1.79. The van der Waals surface area contributed by atoms with Gasteiger partial charge in [0, 0.05) is 12.5 Å². The van der Waals surface area contributed by atoms with Crippen LogP contribution in [-0.4, -0.2) is 36.9 Å². The van der Waals surface area contributed by atoms with Crippen molar-refractivity contribution in [1.82, 2.24) is 0 Å². The number of hydrogen-bond acceptors (Lipinski definition) is 5. The molecule has 0 aliphatic heterocycles. The number of isocyanates is 2. The van der Waals surface area contributed by atoms with Gasteiger partial charge in [0.2, 0.25) is 12.2 Å². The summed E-state index contributed by atoms with van der Waals surface area (Å²) < 4.78 is 5.47. The monoisotopic (exact) mass is 288 g/mol. The smallest absolute Gasteiger partial charge is 0.237 e. The molecule has 0 aromatic heterocycles. The molecular formula is C13H21ClN2O3. The number of ether oxygens (including phenoxy) is 1. The predicted molar refractivity (Wildman–Crippen MR) is 73.9 cm³/mol. The summed E-state index contributed by atoms with van der Waals surface area (Å²) in [4.78, 5) is 28.1. The number of aliphatic imine (C=N–C) groups is 2. The first-order valence-electron chi connectivity index (χ1n) is 6.61. The third-order valence-corrected chi connectivity index (χ3v) is 2.91. The van der Waals surface area contributed by atoms with Crippen LogP contribution in [0.25, 0.3) is 0 Å². The zero-order valence-corrected chi connectivity index (χ0v) is 12.1. The minimum Gasteiger partial charge on any atom is -0.353 e. The summed E-state index contributed by atoms with van der Waals surface area (Å²) in [6.45, 7) is 2.52. The number of hydrogen-bond donors (Lipinski definition) is 0. The van der Waals surface area contributed by atoms with Gasteiger partial charge in [-0.3, -0.25) is 0 Å². The van der Waals surface area contributed by atoms with Crippen molar-refractivity contribution in [1.29, 1.82) is 0 Å². The summed E-state index contributed by atoms with van der Waals surface area (Å²) in [5.41, 5.74) is 0. The molecule has 108 valence electrons. The van der Waals surface area contributed by atoms with Gasteiger partial charge < -0.3 is 4.74 Å². The molecule has 2 atom stereocenters. The fraction of sp³-hybridized carbons (Fsp3) is 0.846. The number of nitrogens with zero attached hydrogens (tertiary/aromatic N) is 2. The molecule has 0 saturated carbocycles. The largest absolute Gasteiger partial charge is 0.353 e. The normalized spacial score (nSPS) is 13.2. The molecule has 0 fully saturated rings. The molecule has 0 radical (unpaired) electrons. The van der Waals surface area contributed by atoms with Crippen LogP contribution in [-0.2, 0) is 14.3 Å². The summed E-state index contributed by atoms with van der Waals surface area (Å²) in [5.74, 6) is 0.616. The van der Waals surface area contributed by atoms with Gasteiger partial charge in [-0.15, -0.1) is 11.6 Å². The Hall–Kier alpha value is -0.990. The van der Waals surface area contributed by atoms with Crippen LogP contribution < -0.4 is 0 Å². The van der Waals surface area contributed by atoms with Gasteiger partial charge in [-0.05, 0) is 19.3 Å². The molecule has 19 heavy (non-hydrogen) atoms. The highest BCUT2D eigenvalue weighted by molar-refractivity contribution is 6.17. The number of unbranched alkanes of at least 4 members (excludes halogenated alkanes) is 3. The molecule has 0 heterocycles. The van der Waals surface area contributed by atoms with E-state index in [1.54, 1.807) is 0 Å². The quantitative estimate of drug-likeness (QED) is 0.240. The summed E-state index contributed by atoms with van der Waals surface area (Å²) in [5, 5.41) is 0. The van der Waals surface area contributed by atoms with E-state index in [9.17, 15) is 9.59 Å². The highest BCUT2D eigenvalue weighted by Crippen LogP contribution is 2.14.